The Bertz CT molecular complexity index is 446. The molecular formula is C15H23N3OS. The summed E-state index contributed by atoms with van der Waals surface area (Å²) in [6.07, 6.45) is 0.973. The third kappa shape index (κ3) is 2.90. The highest BCUT2D eigenvalue weighted by atomic mass is 32.1. The Morgan fingerprint density at radius 3 is 2.80 bits per heavy atom. The molecule has 0 bridgehead atoms. The van der Waals surface area contributed by atoms with E-state index in [4.69, 9.17) is 0 Å². The molecule has 110 valence electrons. The molecule has 0 aromatic carbocycles. The van der Waals surface area contributed by atoms with Crippen molar-refractivity contribution in [1.82, 2.24) is 15.1 Å². The van der Waals surface area contributed by atoms with Gasteiger partial charge in [0.25, 0.3) is 0 Å². The molecule has 4 nitrogen and oxygen atoms in total. The highest BCUT2D eigenvalue weighted by Gasteiger charge is 2.39. The second-order valence-electron chi connectivity index (χ2n) is 6.14. The first-order valence-corrected chi connectivity index (χ1v) is 8.30. The fourth-order valence-electron chi connectivity index (χ4n) is 3.11. The van der Waals surface area contributed by atoms with Gasteiger partial charge in [0.2, 0.25) is 5.91 Å². The number of thiophene rings is 1. The monoisotopic (exact) mass is 293 g/mol. The van der Waals surface area contributed by atoms with Gasteiger partial charge in [-0.25, -0.2) is 0 Å². The van der Waals surface area contributed by atoms with E-state index in [0.29, 0.717) is 5.91 Å². The van der Waals surface area contributed by atoms with Gasteiger partial charge in [0.15, 0.2) is 0 Å². The molecule has 1 aromatic heterocycles. The summed E-state index contributed by atoms with van der Waals surface area (Å²) in [5, 5.41) is 5.44. The lowest BCUT2D eigenvalue weighted by Crippen LogP contribution is -2.52. The maximum absolute atomic E-state index is 12.6. The first-order valence-electron chi connectivity index (χ1n) is 7.42. The first-order chi connectivity index (χ1) is 9.67. The van der Waals surface area contributed by atoms with Gasteiger partial charge in [-0.1, -0.05) is 6.07 Å². The van der Waals surface area contributed by atoms with Crippen LogP contribution in [0.3, 0.4) is 0 Å². The Morgan fingerprint density at radius 2 is 2.20 bits per heavy atom. The zero-order valence-corrected chi connectivity index (χ0v) is 12.9. The Hall–Kier alpha value is -0.910. The normalized spacial score (nSPS) is 27.9. The molecule has 0 aliphatic carbocycles. The van der Waals surface area contributed by atoms with E-state index in [9.17, 15) is 4.79 Å². The molecule has 2 saturated heterocycles. The summed E-state index contributed by atoms with van der Waals surface area (Å²) in [6.45, 7) is 8.67. The first kappa shape index (κ1) is 14.0. The molecule has 5 heteroatoms. The van der Waals surface area contributed by atoms with Gasteiger partial charge in [-0.3, -0.25) is 9.69 Å². The lowest BCUT2D eigenvalue weighted by Gasteiger charge is -2.38. The van der Waals surface area contributed by atoms with Crippen molar-refractivity contribution in [3.63, 3.8) is 0 Å². The van der Waals surface area contributed by atoms with Crippen LogP contribution in [0.15, 0.2) is 17.5 Å². The number of nitrogens with zero attached hydrogens (tertiary/aromatic N) is 2. The van der Waals surface area contributed by atoms with Gasteiger partial charge in [-0.2, -0.15) is 0 Å². The number of amides is 1. The standard InChI is InChI=1S/C15H23N3OS/c1-15(4-5-16-12-15)14(19)18-8-6-17(7-9-18)11-13-3-2-10-20-13/h2-3,10,16H,4-9,11-12H2,1H3. The van der Waals surface area contributed by atoms with Crippen molar-refractivity contribution in [1.29, 1.82) is 0 Å². The Kier molecular flexibility index (Phi) is 4.10. The van der Waals surface area contributed by atoms with Crippen LogP contribution in [0.2, 0.25) is 0 Å². The number of carbonyl (C=O) groups excluding carboxylic acids is 1. The van der Waals surface area contributed by atoms with Crippen LogP contribution in [-0.4, -0.2) is 55.0 Å². The predicted octanol–water partition coefficient (Wildman–Crippen LogP) is 1.39. The van der Waals surface area contributed by atoms with Gasteiger partial charge in [0.05, 0.1) is 5.41 Å². The van der Waals surface area contributed by atoms with E-state index in [1.54, 1.807) is 0 Å². The fourth-order valence-corrected chi connectivity index (χ4v) is 3.86. The molecule has 1 atom stereocenters. The van der Waals surface area contributed by atoms with Crippen molar-refractivity contribution in [2.75, 3.05) is 39.3 Å². The molecule has 1 unspecified atom stereocenters. The van der Waals surface area contributed by atoms with E-state index in [0.717, 1.165) is 52.2 Å². The van der Waals surface area contributed by atoms with Gasteiger partial charge < -0.3 is 10.2 Å². The van der Waals surface area contributed by atoms with Crippen LogP contribution in [0.4, 0.5) is 0 Å². The summed E-state index contributed by atoms with van der Waals surface area (Å²) in [5.41, 5.74) is -0.171. The maximum Gasteiger partial charge on any atom is 0.229 e. The summed E-state index contributed by atoms with van der Waals surface area (Å²) in [6, 6.07) is 4.29. The van der Waals surface area contributed by atoms with Crippen LogP contribution in [0.5, 0.6) is 0 Å². The largest absolute Gasteiger partial charge is 0.340 e. The van der Waals surface area contributed by atoms with Crippen LogP contribution < -0.4 is 5.32 Å². The molecule has 0 spiro atoms. The third-order valence-corrected chi connectivity index (χ3v) is 5.37. The molecule has 2 aliphatic rings. The fraction of sp³-hybridized carbons (Fsp3) is 0.667. The second kappa shape index (κ2) is 5.84. The van der Waals surface area contributed by atoms with Crippen LogP contribution in [0.1, 0.15) is 18.2 Å². The van der Waals surface area contributed by atoms with Crippen molar-refractivity contribution in [2.24, 2.45) is 5.41 Å². The van der Waals surface area contributed by atoms with Crippen LogP contribution in [0, 0.1) is 5.41 Å². The zero-order chi connectivity index (χ0) is 14.0. The molecule has 1 aromatic rings. The minimum atomic E-state index is -0.171. The molecule has 0 saturated carbocycles. The van der Waals surface area contributed by atoms with Crippen molar-refractivity contribution >= 4 is 17.2 Å². The lowest BCUT2D eigenvalue weighted by atomic mass is 9.88. The predicted molar refractivity (Wildman–Crippen MR) is 81.8 cm³/mol. The summed E-state index contributed by atoms with van der Waals surface area (Å²) in [5.74, 6) is 0.346. The lowest BCUT2D eigenvalue weighted by molar-refractivity contribution is -0.142. The second-order valence-corrected chi connectivity index (χ2v) is 7.17. The maximum atomic E-state index is 12.6. The molecule has 20 heavy (non-hydrogen) atoms. The molecule has 0 radical (unpaired) electrons. The average molecular weight is 293 g/mol. The van der Waals surface area contributed by atoms with E-state index < -0.39 is 0 Å². The smallest absolute Gasteiger partial charge is 0.229 e. The topological polar surface area (TPSA) is 35.6 Å². The van der Waals surface area contributed by atoms with E-state index in [1.165, 1.54) is 4.88 Å². The molecule has 2 aliphatic heterocycles. The number of rotatable bonds is 3. The van der Waals surface area contributed by atoms with Gasteiger partial charge >= 0.3 is 0 Å². The minimum Gasteiger partial charge on any atom is -0.340 e. The molecule has 2 fully saturated rings. The number of nitrogens with one attached hydrogen (secondary N) is 1. The Balaban J connectivity index is 1.52. The van der Waals surface area contributed by atoms with E-state index in [-0.39, 0.29) is 5.41 Å². The average Bonchev–Trinajstić information content (AvgIpc) is 3.11. The van der Waals surface area contributed by atoms with Crippen LogP contribution in [0.25, 0.3) is 0 Å². The zero-order valence-electron chi connectivity index (χ0n) is 12.1. The summed E-state index contributed by atoms with van der Waals surface area (Å²) in [4.78, 5) is 18.5. The SMILES string of the molecule is CC1(C(=O)N2CCN(Cc3cccs3)CC2)CCNC1. The number of hydrogen-bond acceptors (Lipinski definition) is 4. The van der Waals surface area contributed by atoms with Crippen molar-refractivity contribution < 1.29 is 4.79 Å². The summed E-state index contributed by atoms with van der Waals surface area (Å²) in [7, 11) is 0. The van der Waals surface area contributed by atoms with Gasteiger partial charge in [0, 0.05) is 44.1 Å². The molecular weight excluding hydrogens is 270 g/mol. The van der Waals surface area contributed by atoms with Crippen LogP contribution in [-0.2, 0) is 11.3 Å². The van der Waals surface area contributed by atoms with E-state index in [1.807, 2.05) is 11.3 Å². The third-order valence-electron chi connectivity index (χ3n) is 4.50. The van der Waals surface area contributed by atoms with Crippen molar-refractivity contribution in [3.8, 4) is 0 Å². The Morgan fingerprint density at radius 1 is 1.40 bits per heavy atom. The summed E-state index contributed by atoms with van der Waals surface area (Å²) >= 11 is 1.81. The van der Waals surface area contributed by atoms with Crippen molar-refractivity contribution in [3.05, 3.63) is 22.4 Å². The van der Waals surface area contributed by atoms with Gasteiger partial charge in [-0.15, -0.1) is 11.3 Å². The molecule has 3 rings (SSSR count). The highest BCUT2D eigenvalue weighted by molar-refractivity contribution is 7.09. The Labute approximate surface area is 124 Å². The summed E-state index contributed by atoms with van der Waals surface area (Å²) < 4.78 is 0. The molecule has 1 N–H and O–H groups in total. The quantitative estimate of drug-likeness (QED) is 0.915. The minimum absolute atomic E-state index is 0.171. The van der Waals surface area contributed by atoms with E-state index >= 15 is 0 Å². The van der Waals surface area contributed by atoms with E-state index in [2.05, 4.69) is 39.6 Å². The number of piperazine rings is 1. The highest BCUT2D eigenvalue weighted by Crippen LogP contribution is 2.27. The van der Waals surface area contributed by atoms with Crippen LogP contribution >= 0.6 is 11.3 Å². The van der Waals surface area contributed by atoms with Gasteiger partial charge in [0.1, 0.15) is 0 Å². The number of hydrogen-bond donors (Lipinski definition) is 1. The van der Waals surface area contributed by atoms with Crippen molar-refractivity contribution in [2.45, 2.75) is 19.9 Å². The molecule has 1 amide bonds. The van der Waals surface area contributed by atoms with Gasteiger partial charge in [-0.05, 0) is 31.3 Å². The number of carbonyl (C=O) groups is 1. The molecule has 3 heterocycles.